The number of aryl methyl sites for hydroxylation is 3. The van der Waals surface area contributed by atoms with Crippen LogP contribution in [-0.2, 0) is 11.2 Å². The molecule has 1 amide bonds. The van der Waals surface area contributed by atoms with Crippen molar-refractivity contribution in [2.24, 2.45) is 0 Å². The summed E-state index contributed by atoms with van der Waals surface area (Å²) in [5, 5.41) is 3.97. The number of hydrogen-bond donors (Lipinski definition) is 1. The van der Waals surface area contributed by atoms with Gasteiger partial charge >= 0.3 is 0 Å². The minimum Gasteiger partial charge on any atom is -0.441 e. The first-order chi connectivity index (χ1) is 12.4. The summed E-state index contributed by atoms with van der Waals surface area (Å²) in [6, 6.07) is 11.1. The Labute approximate surface area is 162 Å². The Bertz CT molecular complexity index is 951. The van der Waals surface area contributed by atoms with Crippen LogP contribution >= 0.6 is 23.2 Å². The van der Waals surface area contributed by atoms with E-state index in [1.807, 2.05) is 32.0 Å². The molecule has 4 nitrogen and oxygen atoms in total. The van der Waals surface area contributed by atoms with Crippen molar-refractivity contribution in [1.82, 2.24) is 4.98 Å². The number of amides is 1. The lowest BCUT2D eigenvalue weighted by molar-refractivity contribution is -0.116. The van der Waals surface area contributed by atoms with Crippen molar-refractivity contribution < 1.29 is 9.21 Å². The van der Waals surface area contributed by atoms with E-state index in [0.717, 1.165) is 22.4 Å². The lowest BCUT2D eigenvalue weighted by Crippen LogP contribution is -2.13. The number of oxazole rings is 1. The van der Waals surface area contributed by atoms with Gasteiger partial charge in [0.1, 0.15) is 0 Å². The molecule has 0 aliphatic heterocycles. The molecule has 134 valence electrons. The number of nitrogens with one attached hydrogen (secondary N) is 1. The van der Waals surface area contributed by atoms with Crippen molar-refractivity contribution in [2.75, 3.05) is 5.32 Å². The molecule has 26 heavy (non-hydrogen) atoms. The maximum absolute atomic E-state index is 12.2. The zero-order valence-electron chi connectivity index (χ0n) is 14.5. The molecule has 0 fully saturated rings. The summed E-state index contributed by atoms with van der Waals surface area (Å²) in [4.78, 5) is 16.4. The number of aromatic nitrogens is 1. The van der Waals surface area contributed by atoms with Gasteiger partial charge in [0.2, 0.25) is 5.91 Å². The molecule has 3 rings (SSSR count). The number of benzene rings is 2. The van der Waals surface area contributed by atoms with E-state index in [9.17, 15) is 4.79 Å². The second kappa shape index (κ2) is 7.94. The molecule has 0 saturated heterocycles. The summed E-state index contributed by atoms with van der Waals surface area (Å²) < 4.78 is 5.71. The van der Waals surface area contributed by atoms with Crippen molar-refractivity contribution in [1.29, 1.82) is 0 Å². The van der Waals surface area contributed by atoms with Crippen molar-refractivity contribution in [3.8, 4) is 11.3 Å². The molecule has 1 heterocycles. The third-order valence-electron chi connectivity index (χ3n) is 3.97. The molecule has 0 radical (unpaired) electrons. The van der Waals surface area contributed by atoms with Crippen LogP contribution in [0.2, 0.25) is 10.0 Å². The van der Waals surface area contributed by atoms with E-state index in [0.29, 0.717) is 28.1 Å². The fourth-order valence-electron chi connectivity index (χ4n) is 2.63. The summed E-state index contributed by atoms with van der Waals surface area (Å²) in [5.74, 6) is 0.958. The first kappa shape index (κ1) is 18.5. The highest BCUT2D eigenvalue weighted by atomic mass is 35.5. The Kier molecular flexibility index (Phi) is 5.64. The van der Waals surface area contributed by atoms with Crippen LogP contribution in [0.5, 0.6) is 0 Å². The average Bonchev–Trinajstić information content (AvgIpc) is 3.04. The fourth-order valence-corrected chi connectivity index (χ4v) is 3.13. The highest BCUT2D eigenvalue weighted by Crippen LogP contribution is 2.30. The van der Waals surface area contributed by atoms with E-state index >= 15 is 0 Å². The van der Waals surface area contributed by atoms with E-state index in [1.165, 1.54) is 0 Å². The van der Waals surface area contributed by atoms with Crippen LogP contribution in [-0.4, -0.2) is 10.9 Å². The van der Waals surface area contributed by atoms with Crippen LogP contribution in [0.1, 0.15) is 23.4 Å². The summed E-state index contributed by atoms with van der Waals surface area (Å²) in [6.07, 6.45) is 2.29. The molecule has 0 saturated carbocycles. The summed E-state index contributed by atoms with van der Waals surface area (Å²) in [6.45, 7) is 3.99. The van der Waals surface area contributed by atoms with E-state index in [1.54, 1.807) is 24.4 Å². The standard InChI is InChI=1S/C20H18Cl2N2O2/c1-12-3-6-17(13(2)9-12)24-19(25)7-8-20-23-11-18(26-20)15-5-4-14(21)10-16(15)22/h3-6,9-11H,7-8H2,1-2H3,(H,24,25). The van der Waals surface area contributed by atoms with Gasteiger partial charge in [-0.3, -0.25) is 4.79 Å². The van der Waals surface area contributed by atoms with Crippen LogP contribution in [0.4, 0.5) is 5.69 Å². The molecule has 0 atom stereocenters. The SMILES string of the molecule is Cc1ccc(NC(=O)CCc2ncc(-c3ccc(Cl)cc3Cl)o2)c(C)c1. The van der Waals surface area contributed by atoms with E-state index in [4.69, 9.17) is 27.6 Å². The highest BCUT2D eigenvalue weighted by molar-refractivity contribution is 6.36. The van der Waals surface area contributed by atoms with Gasteiger partial charge in [0.05, 0.1) is 11.2 Å². The molecule has 0 unspecified atom stereocenters. The lowest BCUT2D eigenvalue weighted by atomic mass is 10.1. The number of carbonyl (C=O) groups is 1. The smallest absolute Gasteiger partial charge is 0.224 e. The molecule has 1 N–H and O–H groups in total. The lowest BCUT2D eigenvalue weighted by Gasteiger charge is -2.08. The van der Waals surface area contributed by atoms with Gasteiger partial charge in [0.15, 0.2) is 11.7 Å². The molecule has 3 aromatic rings. The molecule has 0 aliphatic carbocycles. The maximum Gasteiger partial charge on any atom is 0.224 e. The van der Waals surface area contributed by atoms with E-state index in [2.05, 4.69) is 10.3 Å². The molecule has 0 aliphatic rings. The van der Waals surface area contributed by atoms with Crippen molar-refractivity contribution in [3.05, 3.63) is 69.7 Å². The molecule has 0 spiro atoms. The summed E-state index contributed by atoms with van der Waals surface area (Å²) >= 11 is 12.1. The van der Waals surface area contributed by atoms with Crippen LogP contribution in [0, 0.1) is 13.8 Å². The van der Waals surface area contributed by atoms with Gasteiger partial charge in [0.25, 0.3) is 0 Å². The van der Waals surface area contributed by atoms with Crippen molar-refractivity contribution in [2.45, 2.75) is 26.7 Å². The molecular weight excluding hydrogens is 371 g/mol. The van der Waals surface area contributed by atoms with E-state index < -0.39 is 0 Å². The van der Waals surface area contributed by atoms with Gasteiger partial charge in [-0.25, -0.2) is 4.98 Å². The van der Waals surface area contributed by atoms with Gasteiger partial charge in [-0.15, -0.1) is 0 Å². The highest BCUT2D eigenvalue weighted by Gasteiger charge is 2.12. The Morgan fingerprint density at radius 1 is 1.15 bits per heavy atom. The van der Waals surface area contributed by atoms with Gasteiger partial charge in [-0.2, -0.15) is 0 Å². The Morgan fingerprint density at radius 3 is 2.69 bits per heavy atom. The second-order valence-corrected chi connectivity index (χ2v) is 6.95. The molecule has 6 heteroatoms. The molecular formula is C20H18Cl2N2O2. The number of halogens is 2. The number of anilines is 1. The third-order valence-corrected chi connectivity index (χ3v) is 4.52. The zero-order valence-corrected chi connectivity index (χ0v) is 16.0. The minimum absolute atomic E-state index is 0.0822. The van der Waals surface area contributed by atoms with Crippen LogP contribution in [0.15, 0.2) is 47.0 Å². The Hall–Kier alpha value is -2.30. The van der Waals surface area contributed by atoms with Gasteiger partial charge < -0.3 is 9.73 Å². The third kappa shape index (κ3) is 4.45. The van der Waals surface area contributed by atoms with Crippen LogP contribution in [0.3, 0.4) is 0 Å². The van der Waals surface area contributed by atoms with Crippen LogP contribution in [0.25, 0.3) is 11.3 Å². The predicted octanol–water partition coefficient (Wildman–Crippen LogP) is 5.84. The Balaban J connectivity index is 1.61. The number of rotatable bonds is 5. The second-order valence-electron chi connectivity index (χ2n) is 6.11. The monoisotopic (exact) mass is 388 g/mol. The largest absolute Gasteiger partial charge is 0.441 e. The van der Waals surface area contributed by atoms with Crippen molar-refractivity contribution in [3.63, 3.8) is 0 Å². The number of nitrogens with zero attached hydrogens (tertiary/aromatic N) is 1. The van der Waals surface area contributed by atoms with Gasteiger partial charge in [0, 0.05) is 29.1 Å². The normalized spacial score (nSPS) is 10.8. The molecule has 1 aromatic heterocycles. The molecule has 2 aromatic carbocycles. The van der Waals surface area contributed by atoms with Gasteiger partial charge in [-0.05, 0) is 43.7 Å². The summed E-state index contributed by atoms with van der Waals surface area (Å²) in [5.41, 5.74) is 3.74. The average molecular weight is 389 g/mol. The first-order valence-electron chi connectivity index (χ1n) is 8.19. The summed E-state index contributed by atoms with van der Waals surface area (Å²) in [7, 11) is 0. The molecule has 0 bridgehead atoms. The first-order valence-corrected chi connectivity index (χ1v) is 8.95. The fraction of sp³-hybridized carbons (Fsp3) is 0.200. The zero-order chi connectivity index (χ0) is 18.7. The van der Waals surface area contributed by atoms with Crippen molar-refractivity contribution >= 4 is 34.8 Å². The topological polar surface area (TPSA) is 55.1 Å². The van der Waals surface area contributed by atoms with Crippen LogP contribution < -0.4 is 5.32 Å². The predicted molar refractivity (Wildman–Crippen MR) is 105 cm³/mol. The van der Waals surface area contributed by atoms with E-state index in [-0.39, 0.29) is 12.3 Å². The number of hydrogen-bond acceptors (Lipinski definition) is 3. The quantitative estimate of drug-likeness (QED) is 0.597. The number of carbonyl (C=O) groups excluding carboxylic acids is 1. The Morgan fingerprint density at radius 2 is 1.96 bits per heavy atom. The van der Waals surface area contributed by atoms with Gasteiger partial charge in [-0.1, -0.05) is 40.9 Å². The minimum atomic E-state index is -0.0822. The maximum atomic E-state index is 12.2.